The summed E-state index contributed by atoms with van der Waals surface area (Å²) in [6, 6.07) is 4.56. The van der Waals surface area contributed by atoms with Gasteiger partial charge in [-0.1, -0.05) is 12.1 Å². The standard InChI is InChI=1S/C11H8F4O2/c12-10(13)5-8(11(10,14)15)6-1-3-7(4-2-6)9(16)17/h1-4,8H,5H2,(H,16,17). The largest absolute Gasteiger partial charge is 0.478 e. The van der Waals surface area contributed by atoms with Crippen molar-refractivity contribution in [2.75, 3.05) is 0 Å². The molecule has 6 heteroatoms. The minimum Gasteiger partial charge on any atom is -0.478 e. The van der Waals surface area contributed by atoms with Crippen molar-refractivity contribution in [1.82, 2.24) is 0 Å². The highest BCUT2D eigenvalue weighted by Gasteiger charge is 2.71. The molecule has 1 aromatic rings. The Morgan fingerprint density at radius 1 is 1.18 bits per heavy atom. The van der Waals surface area contributed by atoms with Gasteiger partial charge in [-0.15, -0.1) is 0 Å². The van der Waals surface area contributed by atoms with Gasteiger partial charge in [-0.2, -0.15) is 17.6 Å². The molecular formula is C11H8F4O2. The van der Waals surface area contributed by atoms with E-state index in [1.54, 1.807) is 0 Å². The summed E-state index contributed by atoms with van der Waals surface area (Å²) in [6.45, 7) is 0. The van der Waals surface area contributed by atoms with Crippen LogP contribution >= 0.6 is 0 Å². The molecule has 0 spiro atoms. The van der Waals surface area contributed by atoms with Crippen molar-refractivity contribution >= 4 is 5.97 Å². The average molecular weight is 248 g/mol. The molecular weight excluding hydrogens is 240 g/mol. The van der Waals surface area contributed by atoms with Gasteiger partial charge in [0.25, 0.3) is 0 Å². The minimum atomic E-state index is -4.06. The van der Waals surface area contributed by atoms with E-state index < -0.39 is 30.2 Å². The molecule has 0 amide bonds. The molecule has 92 valence electrons. The van der Waals surface area contributed by atoms with Crippen LogP contribution in [0.3, 0.4) is 0 Å². The molecule has 0 aliphatic heterocycles. The summed E-state index contributed by atoms with van der Waals surface area (Å²) in [5, 5.41) is 8.60. The number of hydrogen-bond donors (Lipinski definition) is 1. The van der Waals surface area contributed by atoms with E-state index in [1.807, 2.05) is 0 Å². The van der Waals surface area contributed by atoms with Crippen LogP contribution in [0.1, 0.15) is 28.3 Å². The third-order valence-corrected chi connectivity index (χ3v) is 2.95. The quantitative estimate of drug-likeness (QED) is 0.816. The first kappa shape index (κ1) is 11.9. The molecule has 2 rings (SSSR count). The Kier molecular flexibility index (Phi) is 2.41. The number of benzene rings is 1. The number of halogens is 4. The normalized spacial score (nSPS) is 25.1. The van der Waals surface area contributed by atoms with Gasteiger partial charge in [0.15, 0.2) is 0 Å². The summed E-state index contributed by atoms with van der Waals surface area (Å²) in [4.78, 5) is 10.5. The SMILES string of the molecule is O=C(O)c1ccc(C2CC(F)(F)C2(F)F)cc1. The highest BCUT2D eigenvalue weighted by molar-refractivity contribution is 5.87. The third-order valence-electron chi connectivity index (χ3n) is 2.95. The monoisotopic (exact) mass is 248 g/mol. The van der Waals surface area contributed by atoms with Crippen LogP contribution < -0.4 is 0 Å². The zero-order valence-electron chi connectivity index (χ0n) is 8.46. The second-order valence-corrected chi connectivity index (χ2v) is 4.01. The predicted octanol–water partition coefficient (Wildman–Crippen LogP) is 3.14. The van der Waals surface area contributed by atoms with Crippen LogP contribution in [0.15, 0.2) is 24.3 Å². The predicted molar refractivity (Wildman–Crippen MR) is 50.7 cm³/mol. The van der Waals surface area contributed by atoms with Gasteiger partial charge in [-0.25, -0.2) is 4.79 Å². The van der Waals surface area contributed by atoms with Crippen LogP contribution in [0.2, 0.25) is 0 Å². The van der Waals surface area contributed by atoms with Gasteiger partial charge in [0.1, 0.15) is 0 Å². The molecule has 0 heterocycles. The average Bonchev–Trinajstić information content (AvgIpc) is 2.26. The van der Waals surface area contributed by atoms with Crippen molar-refractivity contribution in [2.45, 2.75) is 24.2 Å². The van der Waals surface area contributed by atoms with E-state index >= 15 is 0 Å². The molecule has 0 aromatic heterocycles. The van der Waals surface area contributed by atoms with Crippen LogP contribution in [0.25, 0.3) is 0 Å². The number of carboxylic acids is 1. The Bertz CT molecular complexity index is 453. The van der Waals surface area contributed by atoms with Crippen LogP contribution in [-0.4, -0.2) is 22.9 Å². The Morgan fingerprint density at radius 2 is 1.71 bits per heavy atom. The number of carbonyl (C=O) groups is 1. The molecule has 1 N–H and O–H groups in total. The van der Waals surface area contributed by atoms with Crippen LogP contribution in [0.4, 0.5) is 17.6 Å². The highest BCUT2D eigenvalue weighted by Crippen LogP contribution is 2.59. The smallest absolute Gasteiger partial charge is 0.335 e. The zero-order chi connectivity index (χ0) is 12.8. The van der Waals surface area contributed by atoms with Crippen LogP contribution in [-0.2, 0) is 0 Å². The van der Waals surface area contributed by atoms with E-state index in [-0.39, 0.29) is 11.1 Å². The van der Waals surface area contributed by atoms with Crippen molar-refractivity contribution in [3.05, 3.63) is 35.4 Å². The molecule has 1 aromatic carbocycles. The second kappa shape index (κ2) is 3.45. The van der Waals surface area contributed by atoms with E-state index in [0.29, 0.717) is 0 Å². The van der Waals surface area contributed by atoms with Crippen LogP contribution in [0.5, 0.6) is 0 Å². The van der Waals surface area contributed by atoms with Crippen LogP contribution in [0, 0.1) is 0 Å². The van der Waals surface area contributed by atoms with E-state index in [9.17, 15) is 22.4 Å². The first-order valence-electron chi connectivity index (χ1n) is 4.84. The fourth-order valence-electron chi connectivity index (χ4n) is 1.83. The number of aromatic carboxylic acids is 1. The van der Waals surface area contributed by atoms with Crippen molar-refractivity contribution in [1.29, 1.82) is 0 Å². The number of carboxylic acid groups (broad SMARTS) is 1. The molecule has 17 heavy (non-hydrogen) atoms. The summed E-state index contributed by atoms with van der Waals surface area (Å²) in [5.74, 6) is -10.8. The van der Waals surface area contributed by atoms with Crippen molar-refractivity contribution < 1.29 is 27.5 Å². The fourth-order valence-corrected chi connectivity index (χ4v) is 1.83. The lowest BCUT2D eigenvalue weighted by atomic mass is 9.72. The molecule has 1 fully saturated rings. The summed E-state index contributed by atoms with van der Waals surface area (Å²) in [5.41, 5.74) is -0.0333. The van der Waals surface area contributed by atoms with Gasteiger partial charge in [0.2, 0.25) is 0 Å². The van der Waals surface area contributed by atoms with E-state index in [2.05, 4.69) is 0 Å². The van der Waals surface area contributed by atoms with Crippen molar-refractivity contribution in [3.63, 3.8) is 0 Å². The molecule has 1 atom stereocenters. The van der Waals surface area contributed by atoms with Gasteiger partial charge in [-0.05, 0) is 17.7 Å². The molecule has 2 nitrogen and oxygen atoms in total. The number of hydrogen-bond acceptors (Lipinski definition) is 1. The lowest BCUT2D eigenvalue weighted by Gasteiger charge is -2.44. The summed E-state index contributed by atoms with van der Waals surface area (Å²) < 4.78 is 51.3. The Morgan fingerprint density at radius 3 is 2.06 bits per heavy atom. The maximum Gasteiger partial charge on any atom is 0.335 e. The molecule has 1 unspecified atom stereocenters. The molecule has 0 bridgehead atoms. The van der Waals surface area contributed by atoms with Crippen molar-refractivity contribution in [3.8, 4) is 0 Å². The van der Waals surface area contributed by atoms with E-state index in [4.69, 9.17) is 5.11 Å². The fraction of sp³-hybridized carbons (Fsp3) is 0.364. The number of rotatable bonds is 2. The Balaban J connectivity index is 2.23. The van der Waals surface area contributed by atoms with Gasteiger partial charge < -0.3 is 5.11 Å². The lowest BCUT2D eigenvalue weighted by molar-refractivity contribution is -0.290. The molecule has 0 saturated heterocycles. The van der Waals surface area contributed by atoms with Gasteiger partial charge in [0.05, 0.1) is 11.5 Å². The first-order chi connectivity index (χ1) is 7.75. The van der Waals surface area contributed by atoms with E-state index in [1.165, 1.54) is 0 Å². The topological polar surface area (TPSA) is 37.3 Å². The van der Waals surface area contributed by atoms with Gasteiger partial charge in [-0.3, -0.25) is 0 Å². The maximum atomic E-state index is 13.1. The number of alkyl halides is 4. The Labute approximate surface area is 93.9 Å². The van der Waals surface area contributed by atoms with Gasteiger partial charge in [0, 0.05) is 6.42 Å². The second-order valence-electron chi connectivity index (χ2n) is 4.01. The molecule has 1 saturated carbocycles. The van der Waals surface area contributed by atoms with Crippen molar-refractivity contribution in [2.24, 2.45) is 0 Å². The lowest BCUT2D eigenvalue weighted by Crippen LogP contribution is -2.56. The summed E-state index contributed by atoms with van der Waals surface area (Å²) in [6.07, 6.45) is -0.910. The van der Waals surface area contributed by atoms with E-state index in [0.717, 1.165) is 24.3 Å². The molecule has 0 radical (unpaired) electrons. The Hall–Kier alpha value is -1.59. The molecule has 1 aliphatic carbocycles. The molecule has 1 aliphatic rings. The van der Waals surface area contributed by atoms with Gasteiger partial charge >= 0.3 is 17.8 Å². The minimum absolute atomic E-state index is 0.0333. The summed E-state index contributed by atoms with van der Waals surface area (Å²) in [7, 11) is 0. The highest BCUT2D eigenvalue weighted by atomic mass is 19.3. The first-order valence-corrected chi connectivity index (χ1v) is 4.84. The maximum absolute atomic E-state index is 13.1. The summed E-state index contributed by atoms with van der Waals surface area (Å²) >= 11 is 0. The third kappa shape index (κ3) is 1.67. The zero-order valence-corrected chi connectivity index (χ0v) is 8.46.